The summed E-state index contributed by atoms with van der Waals surface area (Å²) in [5, 5.41) is 28.6. The Morgan fingerprint density at radius 3 is 2.17 bits per heavy atom. The van der Waals surface area contributed by atoms with Gasteiger partial charge in [-0.3, -0.25) is 4.79 Å². The number of hydrogen-bond acceptors (Lipinski definition) is 4. The van der Waals surface area contributed by atoms with Crippen molar-refractivity contribution in [1.82, 2.24) is 5.32 Å². The van der Waals surface area contributed by atoms with Gasteiger partial charge in [0.2, 0.25) is 5.91 Å². The Bertz CT molecular complexity index is 153. The highest BCUT2D eigenvalue weighted by atomic mass is 16.3. The Morgan fingerprint density at radius 1 is 1.50 bits per heavy atom. The quantitative estimate of drug-likeness (QED) is 0.409. The van der Waals surface area contributed by atoms with Gasteiger partial charge in [0.1, 0.15) is 6.10 Å². The minimum atomic E-state index is -1.14. The van der Waals surface area contributed by atoms with E-state index in [4.69, 9.17) is 15.3 Å². The summed E-state index contributed by atoms with van der Waals surface area (Å²) in [4.78, 5) is 10.9. The van der Waals surface area contributed by atoms with E-state index in [1.165, 1.54) is 13.8 Å². The van der Waals surface area contributed by atoms with Crippen LogP contribution in [0.3, 0.4) is 0 Å². The van der Waals surface area contributed by atoms with E-state index < -0.39 is 17.6 Å². The van der Waals surface area contributed by atoms with Gasteiger partial charge < -0.3 is 20.6 Å². The van der Waals surface area contributed by atoms with E-state index in [-0.39, 0.29) is 13.2 Å². The fraction of sp³-hybridized carbons (Fsp3) is 0.857. The van der Waals surface area contributed by atoms with E-state index in [0.29, 0.717) is 0 Å². The normalized spacial score (nSPS) is 14.1. The van der Waals surface area contributed by atoms with Crippen molar-refractivity contribution in [2.75, 3.05) is 13.2 Å². The minimum absolute atomic E-state index is 0.373. The summed E-state index contributed by atoms with van der Waals surface area (Å²) in [6.07, 6.45) is -1.14. The van der Waals surface area contributed by atoms with Crippen LogP contribution in [0.25, 0.3) is 0 Å². The van der Waals surface area contributed by atoms with E-state index >= 15 is 0 Å². The molecule has 0 unspecified atom stereocenters. The largest absolute Gasteiger partial charge is 0.394 e. The lowest BCUT2D eigenvalue weighted by atomic mass is 10.1. The Labute approximate surface area is 71.0 Å². The molecule has 0 saturated heterocycles. The molecule has 0 saturated carbocycles. The molecule has 0 aliphatic rings. The summed E-state index contributed by atoms with van der Waals surface area (Å²) in [6.45, 7) is 2.04. The molecule has 0 aliphatic carbocycles. The highest BCUT2D eigenvalue weighted by Crippen LogP contribution is 2.00. The summed E-state index contributed by atoms with van der Waals surface area (Å²) >= 11 is 0. The molecular formula is C7H15NO4. The van der Waals surface area contributed by atoms with Crippen LogP contribution in [-0.4, -0.2) is 46.1 Å². The Morgan fingerprint density at radius 2 is 1.92 bits per heavy atom. The number of aliphatic hydroxyl groups is 3. The lowest BCUT2D eigenvalue weighted by Crippen LogP contribution is -2.54. The highest BCUT2D eigenvalue weighted by Gasteiger charge is 2.25. The van der Waals surface area contributed by atoms with Gasteiger partial charge in [0.15, 0.2) is 0 Å². The number of rotatable bonds is 4. The maximum atomic E-state index is 10.9. The van der Waals surface area contributed by atoms with Gasteiger partial charge in [-0.05, 0) is 13.8 Å². The molecular weight excluding hydrogens is 162 g/mol. The van der Waals surface area contributed by atoms with E-state index in [0.717, 1.165) is 0 Å². The molecule has 1 atom stereocenters. The zero-order valence-electron chi connectivity index (χ0n) is 7.24. The molecule has 0 rings (SSSR count). The van der Waals surface area contributed by atoms with Crippen LogP contribution in [0.4, 0.5) is 0 Å². The lowest BCUT2D eigenvalue weighted by molar-refractivity contribution is -0.131. The average molecular weight is 177 g/mol. The second-order valence-electron chi connectivity index (χ2n) is 3.04. The molecule has 12 heavy (non-hydrogen) atoms. The van der Waals surface area contributed by atoms with Crippen molar-refractivity contribution in [2.24, 2.45) is 0 Å². The fourth-order valence-electron chi connectivity index (χ4n) is 0.531. The Hall–Kier alpha value is -0.650. The van der Waals surface area contributed by atoms with Gasteiger partial charge in [0.05, 0.1) is 18.8 Å². The molecule has 4 N–H and O–H groups in total. The standard InChI is InChI=1S/C7H15NO4/c1-5(11)6(12)8-7(2,3-9)4-10/h5,9-11H,3-4H2,1-2H3,(H,8,12)/t5-/m0/s1. The number of carbonyl (C=O) groups is 1. The number of aliphatic hydroxyl groups excluding tert-OH is 3. The molecule has 0 aromatic carbocycles. The van der Waals surface area contributed by atoms with E-state index in [2.05, 4.69) is 5.32 Å². The van der Waals surface area contributed by atoms with Gasteiger partial charge in [0.25, 0.3) is 0 Å². The summed E-state index contributed by atoms with van der Waals surface area (Å²) in [7, 11) is 0. The molecule has 0 fully saturated rings. The van der Waals surface area contributed by atoms with Crippen LogP contribution >= 0.6 is 0 Å². The first-order valence-corrected chi connectivity index (χ1v) is 3.67. The van der Waals surface area contributed by atoms with Crippen molar-refractivity contribution in [2.45, 2.75) is 25.5 Å². The van der Waals surface area contributed by atoms with E-state index in [1.54, 1.807) is 0 Å². The molecule has 0 aliphatic heterocycles. The molecule has 5 nitrogen and oxygen atoms in total. The van der Waals surface area contributed by atoms with E-state index in [9.17, 15) is 4.79 Å². The first kappa shape index (κ1) is 11.4. The first-order chi connectivity index (χ1) is 5.45. The van der Waals surface area contributed by atoms with Gasteiger partial charge in [-0.25, -0.2) is 0 Å². The zero-order valence-corrected chi connectivity index (χ0v) is 7.24. The molecule has 0 bridgehead atoms. The third kappa shape index (κ3) is 3.17. The van der Waals surface area contributed by atoms with Gasteiger partial charge in [-0.2, -0.15) is 0 Å². The van der Waals surface area contributed by atoms with Crippen LogP contribution in [0.15, 0.2) is 0 Å². The van der Waals surface area contributed by atoms with Crippen LogP contribution in [0.5, 0.6) is 0 Å². The van der Waals surface area contributed by atoms with Crippen LogP contribution in [-0.2, 0) is 4.79 Å². The maximum absolute atomic E-state index is 10.9. The molecule has 0 aromatic rings. The molecule has 0 spiro atoms. The van der Waals surface area contributed by atoms with Crippen LogP contribution in [0, 0.1) is 0 Å². The average Bonchev–Trinajstić information content (AvgIpc) is 2.04. The van der Waals surface area contributed by atoms with Crippen LogP contribution in [0.1, 0.15) is 13.8 Å². The van der Waals surface area contributed by atoms with Crippen LogP contribution < -0.4 is 5.32 Å². The molecule has 0 radical (unpaired) electrons. The van der Waals surface area contributed by atoms with Crippen molar-refractivity contribution in [1.29, 1.82) is 0 Å². The predicted octanol–water partition coefficient (Wildman–Crippen LogP) is -1.77. The first-order valence-electron chi connectivity index (χ1n) is 3.67. The number of amides is 1. The SMILES string of the molecule is C[C@H](O)C(=O)NC(C)(CO)CO. The van der Waals surface area contributed by atoms with Gasteiger partial charge in [0, 0.05) is 0 Å². The summed E-state index contributed by atoms with van der Waals surface area (Å²) in [6, 6.07) is 0. The monoisotopic (exact) mass is 177 g/mol. The van der Waals surface area contributed by atoms with Crippen molar-refractivity contribution < 1.29 is 20.1 Å². The third-order valence-corrected chi connectivity index (χ3v) is 1.50. The predicted molar refractivity (Wildman–Crippen MR) is 42.4 cm³/mol. The molecule has 1 amide bonds. The smallest absolute Gasteiger partial charge is 0.249 e. The lowest BCUT2D eigenvalue weighted by Gasteiger charge is -2.26. The number of hydrogen-bond donors (Lipinski definition) is 4. The van der Waals surface area contributed by atoms with Crippen LogP contribution in [0.2, 0.25) is 0 Å². The van der Waals surface area contributed by atoms with Gasteiger partial charge in [-0.15, -0.1) is 0 Å². The topological polar surface area (TPSA) is 89.8 Å². The summed E-state index contributed by atoms with van der Waals surface area (Å²) < 4.78 is 0. The van der Waals surface area contributed by atoms with Crippen molar-refractivity contribution in [3.05, 3.63) is 0 Å². The van der Waals surface area contributed by atoms with Gasteiger partial charge >= 0.3 is 0 Å². The molecule has 0 aromatic heterocycles. The second kappa shape index (κ2) is 4.39. The second-order valence-corrected chi connectivity index (χ2v) is 3.04. The summed E-state index contributed by atoms with van der Waals surface area (Å²) in [5.41, 5.74) is -1.06. The van der Waals surface area contributed by atoms with Gasteiger partial charge in [-0.1, -0.05) is 0 Å². The van der Waals surface area contributed by atoms with Crippen molar-refractivity contribution in [3.63, 3.8) is 0 Å². The molecule has 72 valence electrons. The number of nitrogens with one attached hydrogen (secondary N) is 1. The van der Waals surface area contributed by atoms with E-state index in [1.807, 2.05) is 0 Å². The third-order valence-electron chi connectivity index (χ3n) is 1.50. The van der Waals surface area contributed by atoms with Crippen molar-refractivity contribution in [3.8, 4) is 0 Å². The number of carbonyl (C=O) groups excluding carboxylic acids is 1. The minimum Gasteiger partial charge on any atom is -0.394 e. The Balaban J connectivity index is 4.12. The van der Waals surface area contributed by atoms with Crippen molar-refractivity contribution >= 4 is 5.91 Å². The molecule has 5 heteroatoms. The summed E-state index contributed by atoms with van der Waals surface area (Å²) in [5.74, 6) is -0.611. The zero-order chi connectivity index (χ0) is 9.78. The fourth-order valence-corrected chi connectivity index (χ4v) is 0.531. The Kier molecular flexibility index (Phi) is 4.16. The molecule has 0 heterocycles. The highest BCUT2D eigenvalue weighted by molar-refractivity contribution is 5.80. The maximum Gasteiger partial charge on any atom is 0.249 e.